The Kier molecular flexibility index (Phi) is 5.66. The topological polar surface area (TPSA) is 50.0 Å². The van der Waals surface area contributed by atoms with E-state index in [1.54, 1.807) is 59.4 Å². The second kappa shape index (κ2) is 8.13. The van der Waals surface area contributed by atoms with Gasteiger partial charge in [-0.3, -0.25) is 9.59 Å². The lowest BCUT2D eigenvalue weighted by Gasteiger charge is -2.05. The van der Waals surface area contributed by atoms with Crippen LogP contribution in [0.3, 0.4) is 0 Å². The van der Waals surface area contributed by atoms with Crippen molar-refractivity contribution >= 4 is 40.6 Å². The van der Waals surface area contributed by atoms with Crippen LogP contribution in [0.4, 0.5) is 5.69 Å². The molecule has 0 spiro atoms. The molecule has 3 rings (SSSR count). The molecule has 2 aromatic carbocycles. The van der Waals surface area contributed by atoms with Crippen molar-refractivity contribution in [2.75, 3.05) is 5.32 Å². The number of carbonyl (C=O) groups is 2. The zero-order chi connectivity index (χ0) is 18.5. The zero-order valence-electron chi connectivity index (χ0n) is 13.7. The van der Waals surface area contributed by atoms with Crippen molar-refractivity contribution < 1.29 is 14.2 Å². The lowest BCUT2D eigenvalue weighted by molar-refractivity contribution is -0.684. The van der Waals surface area contributed by atoms with E-state index in [0.29, 0.717) is 26.9 Å². The van der Waals surface area contributed by atoms with E-state index in [-0.39, 0.29) is 18.2 Å². The van der Waals surface area contributed by atoms with E-state index < -0.39 is 0 Å². The number of benzene rings is 2. The highest BCUT2D eigenvalue weighted by atomic mass is 35.5. The van der Waals surface area contributed by atoms with Gasteiger partial charge in [0.05, 0.1) is 10.0 Å². The molecule has 0 aliphatic carbocycles. The smallest absolute Gasteiger partial charge is 0.290 e. The molecule has 0 atom stereocenters. The van der Waals surface area contributed by atoms with E-state index in [1.165, 1.54) is 0 Å². The van der Waals surface area contributed by atoms with Crippen molar-refractivity contribution in [1.29, 1.82) is 0 Å². The van der Waals surface area contributed by atoms with Gasteiger partial charge in [0.2, 0.25) is 6.54 Å². The molecule has 0 bridgehead atoms. The molecule has 1 amide bonds. The normalized spacial score (nSPS) is 10.4. The van der Waals surface area contributed by atoms with Gasteiger partial charge >= 0.3 is 0 Å². The molecule has 0 saturated heterocycles. The van der Waals surface area contributed by atoms with Crippen LogP contribution in [0.25, 0.3) is 0 Å². The van der Waals surface area contributed by atoms with Crippen LogP contribution in [0.15, 0.2) is 73.1 Å². The van der Waals surface area contributed by atoms with Crippen LogP contribution in [0.1, 0.15) is 15.9 Å². The molecule has 6 heteroatoms. The molecule has 0 aliphatic rings. The average molecular weight is 386 g/mol. The summed E-state index contributed by atoms with van der Waals surface area (Å²) in [6.07, 6.45) is 3.40. The summed E-state index contributed by atoms with van der Waals surface area (Å²) < 4.78 is 1.69. The maximum absolute atomic E-state index is 12.4. The number of carbonyl (C=O) groups excluding carboxylic acids is 2. The number of pyridine rings is 1. The Hall–Kier alpha value is -2.69. The van der Waals surface area contributed by atoms with Crippen molar-refractivity contribution in [2.45, 2.75) is 6.54 Å². The molecular formula is C20H15Cl2N2O2+. The lowest BCUT2D eigenvalue weighted by Crippen LogP contribution is -2.39. The molecule has 130 valence electrons. The van der Waals surface area contributed by atoms with Gasteiger partial charge in [0.1, 0.15) is 0 Å². The number of nitrogens with one attached hydrogen (secondary N) is 1. The maximum atomic E-state index is 12.4. The van der Waals surface area contributed by atoms with Crippen LogP contribution in [0.5, 0.6) is 0 Å². The molecular weight excluding hydrogens is 371 g/mol. The molecule has 1 aromatic heterocycles. The fourth-order valence-corrected chi connectivity index (χ4v) is 2.71. The number of anilines is 1. The Morgan fingerprint density at radius 3 is 2.15 bits per heavy atom. The van der Waals surface area contributed by atoms with Crippen LogP contribution >= 0.6 is 23.2 Å². The van der Waals surface area contributed by atoms with Gasteiger partial charge in [-0.1, -0.05) is 53.5 Å². The van der Waals surface area contributed by atoms with Gasteiger partial charge in [-0.05, 0) is 18.2 Å². The Balaban J connectivity index is 1.64. The van der Waals surface area contributed by atoms with Gasteiger partial charge in [-0.15, -0.1) is 0 Å². The third-order valence-electron chi connectivity index (χ3n) is 3.72. The molecule has 0 fully saturated rings. The monoisotopic (exact) mass is 385 g/mol. The Morgan fingerprint density at radius 2 is 1.50 bits per heavy atom. The van der Waals surface area contributed by atoms with Crippen LogP contribution in [-0.2, 0) is 11.3 Å². The first-order valence-corrected chi connectivity index (χ1v) is 8.62. The summed E-state index contributed by atoms with van der Waals surface area (Å²) in [7, 11) is 0. The van der Waals surface area contributed by atoms with E-state index in [1.807, 2.05) is 18.2 Å². The van der Waals surface area contributed by atoms with E-state index in [4.69, 9.17) is 23.2 Å². The Labute approximate surface area is 161 Å². The molecule has 1 N–H and O–H groups in total. The minimum absolute atomic E-state index is 0.0574. The minimum atomic E-state index is -0.212. The lowest BCUT2D eigenvalue weighted by atomic mass is 10.0. The average Bonchev–Trinajstić information content (AvgIpc) is 2.65. The van der Waals surface area contributed by atoms with E-state index in [9.17, 15) is 9.59 Å². The first kappa shape index (κ1) is 18.1. The zero-order valence-corrected chi connectivity index (χ0v) is 15.2. The summed E-state index contributed by atoms with van der Waals surface area (Å²) in [5.41, 5.74) is 1.76. The van der Waals surface area contributed by atoms with E-state index in [0.717, 1.165) is 0 Å². The molecule has 4 nitrogen and oxygen atoms in total. The highest BCUT2D eigenvalue weighted by Crippen LogP contribution is 2.24. The quantitative estimate of drug-likeness (QED) is 0.529. The maximum Gasteiger partial charge on any atom is 0.290 e. The molecule has 3 aromatic rings. The van der Waals surface area contributed by atoms with Crippen LogP contribution < -0.4 is 9.88 Å². The fourth-order valence-electron chi connectivity index (χ4n) is 2.41. The number of hydrogen-bond donors (Lipinski definition) is 1. The molecule has 0 saturated carbocycles. The molecule has 1 heterocycles. The number of ketones is 1. The van der Waals surface area contributed by atoms with E-state index in [2.05, 4.69) is 5.32 Å². The molecule has 0 unspecified atom stereocenters. The second-order valence-corrected chi connectivity index (χ2v) is 6.45. The first-order valence-electron chi connectivity index (χ1n) is 7.87. The van der Waals surface area contributed by atoms with Gasteiger partial charge < -0.3 is 5.32 Å². The van der Waals surface area contributed by atoms with Gasteiger partial charge in [0.15, 0.2) is 18.2 Å². The number of rotatable bonds is 5. The molecule has 26 heavy (non-hydrogen) atoms. The highest BCUT2D eigenvalue weighted by molar-refractivity contribution is 6.42. The summed E-state index contributed by atoms with van der Waals surface area (Å²) in [6, 6.07) is 17.3. The number of hydrogen-bond acceptors (Lipinski definition) is 2. The number of halogens is 2. The summed E-state index contributed by atoms with van der Waals surface area (Å²) in [5.74, 6) is -0.270. The highest BCUT2D eigenvalue weighted by Gasteiger charge is 2.13. The van der Waals surface area contributed by atoms with Gasteiger partial charge in [-0.25, -0.2) is 0 Å². The first-order chi connectivity index (χ1) is 12.5. The third kappa shape index (κ3) is 4.48. The van der Waals surface area contributed by atoms with Gasteiger partial charge in [0, 0.05) is 28.9 Å². The van der Waals surface area contributed by atoms with Gasteiger partial charge in [0.25, 0.3) is 5.91 Å². The van der Waals surface area contributed by atoms with Crippen LogP contribution in [0, 0.1) is 0 Å². The molecule has 0 aliphatic heterocycles. The van der Waals surface area contributed by atoms with Crippen molar-refractivity contribution in [1.82, 2.24) is 0 Å². The fraction of sp³-hybridized carbons (Fsp3) is 0.0500. The summed E-state index contributed by atoms with van der Waals surface area (Å²) >= 11 is 11.8. The summed E-state index contributed by atoms with van der Waals surface area (Å²) in [5, 5.41) is 3.56. The largest absolute Gasteiger partial charge is 0.321 e. The van der Waals surface area contributed by atoms with Crippen molar-refractivity contribution in [3.05, 3.63) is 94.2 Å². The summed E-state index contributed by atoms with van der Waals surface area (Å²) in [6.45, 7) is 0.111. The standard InChI is InChI=1S/C20H14Cl2N2O2/c21-17-7-6-16(12-18(17)22)23-19(25)13-24-10-8-15(9-11-24)20(26)14-4-2-1-3-5-14/h1-12H,13H2/p+1. The number of amides is 1. The SMILES string of the molecule is O=C(C[n+]1ccc(C(=O)c2ccccc2)cc1)Nc1ccc(Cl)c(Cl)c1. The van der Waals surface area contributed by atoms with Crippen molar-refractivity contribution in [3.8, 4) is 0 Å². The van der Waals surface area contributed by atoms with Gasteiger partial charge in [-0.2, -0.15) is 4.57 Å². The molecule has 0 radical (unpaired) electrons. The van der Waals surface area contributed by atoms with E-state index >= 15 is 0 Å². The second-order valence-electron chi connectivity index (χ2n) is 5.63. The summed E-state index contributed by atoms with van der Waals surface area (Å²) in [4.78, 5) is 24.5. The van der Waals surface area contributed by atoms with Crippen molar-refractivity contribution in [2.24, 2.45) is 0 Å². The number of nitrogens with zero attached hydrogens (tertiary/aromatic N) is 1. The Bertz CT molecular complexity index is 942. The predicted molar refractivity (Wildman–Crippen MR) is 102 cm³/mol. The minimum Gasteiger partial charge on any atom is -0.321 e. The van der Waals surface area contributed by atoms with Crippen molar-refractivity contribution in [3.63, 3.8) is 0 Å². The predicted octanol–water partition coefficient (Wildman–Crippen LogP) is 4.15. The Morgan fingerprint density at radius 1 is 0.846 bits per heavy atom. The number of aromatic nitrogens is 1. The van der Waals surface area contributed by atoms with Crippen LogP contribution in [-0.4, -0.2) is 11.7 Å². The van der Waals surface area contributed by atoms with Crippen LogP contribution in [0.2, 0.25) is 10.0 Å². The third-order valence-corrected chi connectivity index (χ3v) is 4.46.